The van der Waals surface area contributed by atoms with Crippen LogP contribution >= 0.6 is 0 Å². The summed E-state index contributed by atoms with van der Waals surface area (Å²) in [5.41, 5.74) is 0. The summed E-state index contributed by atoms with van der Waals surface area (Å²) in [6.45, 7) is -0.0410. The van der Waals surface area contributed by atoms with Crippen molar-refractivity contribution in [3.05, 3.63) is 12.3 Å². The van der Waals surface area contributed by atoms with Crippen LogP contribution in [0.25, 0.3) is 0 Å². The molecule has 0 spiro atoms. The van der Waals surface area contributed by atoms with E-state index in [1.54, 1.807) is 0 Å². The van der Waals surface area contributed by atoms with E-state index < -0.39 is 20.0 Å². The minimum absolute atomic E-state index is 0.00774. The first-order chi connectivity index (χ1) is 7.31. The van der Waals surface area contributed by atoms with Crippen molar-refractivity contribution in [3.63, 3.8) is 0 Å². The zero-order chi connectivity index (χ0) is 12.2. The molecule has 0 saturated carbocycles. The van der Waals surface area contributed by atoms with Gasteiger partial charge in [0.1, 0.15) is 0 Å². The van der Waals surface area contributed by atoms with Gasteiger partial charge in [0.2, 0.25) is 10.0 Å². The van der Waals surface area contributed by atoms with E-state index in [-0.39, 0.29) is 18.1 Å². The maximum Gasteiger partial charge on any atom is 0.257 e. The van der Waals surface area contributed by atoms with Crippen LogP contribution in [0.3, 0.4) is 0 Å². The Morgan fingerprint density at radius 2 is 1.88 bits per heavy atom. The zero-order valence-electron chi connectivity index (χ0n) is 8.47. The molecule has 92 valence electrons. The van der Waals surface area contributed by atoms with Crippen LogP contribution in [0.1, 0.15) is 0 Å². The monoisotopic (exact) mass is 268 g/mol. The van der Waals surface area contributed by atoms with E-state index in [9.17, 15) is 16.8 Å². The Bertz CT molecular complexity index is 519. The van der Waals surface area contributed by atoms with E-state index in [1.807, 2.05) is 0 Å². The van der Waals surface area contributed by atoms with Gasteiger partial charge in [-0.3, -0.25) is 5.10 Å². The lowest BCUT2D eigenvalue weighted by Gasteiger charge is -2.04. The Labute approximate surface area is 93.5 Å². The number of nitrogens with zero attached hydrogens (tertiary/aromatic N) is 1. The molecule has 0 fully saturated rings. The highest BCUT2D eigenvalue weighted by Gasteiger charge is 2.14. The van der Waals surface area contributed by atoms with Gasteiger partial charge >= 0.3 is 0 Å². The van der Waals surface area contributed by atoms with E-state index in [0.29, 0.717) is 0 Å². The summed E-state index contributed by atoms with van der Waals surface area (Å²) in [6, 6.07) is 1.30. The molecule has 0 bridgehead atoms. The number of H-pyrrole nitrogens is 1. The quantitative estimate of drug-likeness (QED) is 0.528. The first kappa shape index (κ1) is 13.1. The summed E-state index contributed by atoms with van der Waals surface area (Å²) in [7, 11) is -6.94. The van der Waals surface area contributed by atoms with Crippen LogP contribution in [0.5, 0.6) is 0 Å². The van der Waals surface area contributed by atoms with Gasteiger partial charge in [-0.25, -0.2) is 26.3 Å². The lowest BCUT2D eigenvalue weighted by molar-refractivity contribution is 0.570. The average molecular weight is 268 g/mol. The Kier molecular flexibility index (Phi) is 4.02. The minimum Gasteiger partial charge on any atom is -0.266 e. The van der Waals surface area contributed by atoms with Crippen molar-refractivity contribution in [1.82, 2.24) is 19.6 Å². The highest BCUT2D eigenvalue weighted by molar-refractivity contribution is 7.89. The molecule has 0 radical (unpaired) electrons. The van der Waals surface area contributed by atoms with Gasteiger partial charge in [-0.05, 0) is 6.07 Å². The predicted octanol–water partition coefficient (Wildman–Crippen LogP) is -1.76. The molecular formula is C6H12N4O4S2. The minimum atomic E-state index is -3.64. The van der Waals surface area contributed by atoms with Gasteiger partial charge in [-0.1, -0.05) is 0 Å². The molecule has 1 aromatic heterocycles. The van der Waals surface area contributed by atoms with Gasteiger partial charge in [0, 0.05) is 13.1 Å². The van der Waals surface area contributed by atoms with Crippen molar-refractivity contribution in [2.75, 3.05) is 19.3 Å². The van der Waals surface area contributed by atoms with Crippen LogP contribution < -0.4 is 9.44 Å². The average Bonchev–Trinajstić information content (AvgIpc) is 2.64. The first-order valence-corrected chi connectivity index (χ1v) is 7.62. The number of rotatable bonds is 6. The largest absolute Gasteiger partial charge is 0.266 e. The van der Waals surface area contributed by atoms with Crippen LogP contribution in [0, 0.1) is 0 Å². The number of aromatic amines is 1. The van der Waals surface area contributed by atoms with Gasteiger partial charge in [0.05, 0.1) is 12.5 Å². The third-order valence-electron chi connectivity index (χ3n) is 1.55. The van der Waals surface area contributed by atoms with E-state index in [2.05, 4.69) is 19.6 Å². The van der Waals surface area contributed by atoms with Crippen LogP contribution in [0.4, 0.5) is 0 Å². The van der Waals surface area contributed by atoms with Gasteiger partial charge in [-0.2, -0.15) is 5.10 Å². The topological polar surface area (TPSA) is 121 Å². The second kappa shape index (κ2) is 4.91. The van der Waals surface area contributed by atoms with Gasteiger partial charge < -0.3 is 0 Å². The van der Waals surface area contributed by atoms with E-state index in [0.717, 1.165) is 6.26 Å². The van der Waals surface area contributed by atoms with Gasteiger partial charge in [0.15, 0.2) is 5.03 Å². The Morgan fingerprint density at radius 3 is 2.38 bits per heavy atom. The number of nitrogens with one attached hydrogen (secondary N) is 3. The molecule has 1 heterocycles. The van der Waals surface area contributed by atoms with Gasteiger partial charge in [-0.15, -0.1) is 0 Å². The molecule has 3 N–H and O–H groups in total. The molecule has 0 atom stereocenters. The van der Waals surface area contributed by atoms with Crippen molar-refractivity contribution in [3.8, 4) is 0 Å². The molecule has 0 aliphatic rings. The molecule has 0 aromatic carbocycles. The summed E-state index contributed by atoms with van der Waals surface area (Å²) in [5.74, 6) is 0. The maximum atomic E-state index is 11.5. The van der Waals surface area contributed by atoms with Gasteiger partial charge in [0.25, 0.3) is 10.0 Å². The lowest BCUT2D eigenvalue weighted by atomic mass is 10.7. The Morgan fingerprint density at radius 1 is 1.25 bits per heavy atom. The first-order valence-electron chi connectivity index (χ1n) is 4.25. The fourth-order valence-electron chi connectivity index (χ4n) is 0.892. The highest BCUT2D eigenvalue weighted by atomic mass is 32.2. The lowest BCUT2D eigenvalue weighted by Crippen LogP contribution is -2.34. The summed E-state index contributed by atoms with van der Waals surface area (Å²) < 4.78 is 48.6. The number of sulfonamides is 2. The third-order valence-corrected chi connectivity index (χ3v) is 3.67. The van der Waals surface area contributed by atoms with E-state index in [4.69, 9.17) is 0 Å². The van der Waals surface area contributed by atoms with Crippen molar-refractivity contribution >= 4 is 20.0 Å². The number of hydrogen-bond acceptors (Lipinski definition) is 5. The predicted molar refractivity (Wildman–Crippen MR) is 56.6 cm³/mol. The molecule has 0 aliphatic carbocycles. The van der Waals surface area contributed by atoms with Crippen LogP contribution in [-0.4, -0.2) is 46.4 Å². The number of hydrogen-bond donors (Lipinski definition) is 3. The third kappa shape index (κ3) is 4.26. The van der Waals surface area contributed by atoms with Crippen molar-refractivity contribution in [2.45, 2.75) is 5.03 Å². The maximum absolute atomic E-state index is 11.5. The summed E-state index contributed by atoms with van der Waals surface area (Å²) >= 11 is 0. The Balaban J connectivity index is 2.45. The van der Waals surface area contributed by atoms with Crippen molar-refractivity contribution in [2.24, 2.45) is 0 Å². The fourth-order valence-corrected chi connectivity index (χ4v) is 2.30. The molecule has 0 amide bonds. The van der Waals surface area contributed by atoms with Crippen molar-refractivity contribution < 1.29 is 16.8 Å². The second-order valence-corrected chi connectivity index (χ2v) is 6.55. The second-order valence-electron chi connectivity index (χ2n) is 2.99. The normalized spacial score (nSPS) is 12.8. The van der Waals surface area contributed by atoms with Crippen LogP contribution in [0.15, 0.2) is 17.3 Å². The molecule has 16 heavy (non-hydrogen) atoms. The summed E-state index contributed by atoms with van der Waals surface area (Å²) in [6.07, 6.45) is 2.31. The molecular weight excluding hydrogens is 256 g/mol. The molecule has 1 aromatic rings. The smallest absolute Gasteiger partial charge is 0.257 e. The SMILES string of the molecule is CS(=O)(=O)NCCNS(=O)(=O)c1ccn[nH]1. The molecule has 0 unspecified atom stereocenters. The highest BCUT2D eigenvalue weighted by Crippen LogP contribution is 2.00. The molecule has 8 nitrogen and oxygen atoms in total. The van der Waals surface area contributed by atoms with E-state index >= 15 is 0 Å². The van der Waals surface area contributed by atoms with Crippen LogP contribution in [-0.2, 0) is 20.0 Å². The zero-order valence-corrected chi connectivity index (χ0v) is 10.1. The van der Waals surface area contributed by atoms with Crippen LogP contribution in [0.2, 0.25) is 0 Å². The Hall–Kier alpha value is -0.970. The fraction of sp³-hybridized carbons (Fsp3) is 0.500. The summed E-state index contributed by atoms with van der Waals surface area (Å²) in [5, 5.41) is 5.73. The van der Waals surface area contributed by atoms with E-state index in [1.165, 1.54) is 12.3 Å². The molecule has 10 heteroatoms. The molecule has 0 saturated heterocycles. The number of aromatic nitrogens is 2. The van der Waals surface area contributed by atoms with Crippen molar-refractivity contribution in [1.29, 1.82) is 0 Å². The summed E-state index contributed by atoms with van der Waals surface area (Å²) in [4.78, 5) is 0. The molecule has 0 aliphatic heterocycles. The molecule has 1 rings (SSSR count). The standard InChI is InChI=1S/C6H12N4O4S2/c1-15(11,12)8-4-5-9-16(13,14)6-2-3-7-10-6/h2-3,8-9H,4-5H2,1H3,(H,7,10).